The zero-order chi connectivity index (χ0) is 17.1. The Balaban J connectivity index is 1.33. The number of fused-ring (bicyclic) bond motifs is 1. The SMILES string of the molecule is F[C@H]1C[C@@H](CN[C@H]2CCc3ccccc3C2)N(Cc2cncnc2)C1. The summed E-state index contributed by atoms with van der Waals surface area (Å²) in [7, 11) is 0. The molecule has 0 radical (unpaired) electrons. The van der Waals surface area contributed by atoms with E-state index in [0.29, 0.717) is 19.0 Å². The molecule has 1 saturated heterocycles. The van der Waals surface area contributed by atoms with Crippen molar-refractivity contribution in [3.63, 3.8) is 0 Å². The van der Waals surface area contributed by atoms with Crippen molar-refractivity contribution < 1.29 is 4.39 Å². The van der Waals surface area contributed by atoms with E-state index in [4.69, 9.17) is 0 Å². The van der Waals surface area contributed by atoms with E-state index in [9.17, 15) is 4.39 Å². The van der Waals surface area contributed by atoms with Gasteiger partial charge in [0.25, 0.3) is 0 Å². The number of likely N-dealkylation sites (tertiary alicyclic amines) is 1. The number of benzene rings is 1. The van der Waals surface area contributed by atoms with Crippen molar-refractivity contribution in [2.24, 2.45) is 0 Å². The van der Waals surface area contributed by atoms with Crippen molar-refractivity contribution in [3.8, 4) is 0 Å². The summed E-state index contributed by atoms with van der Waals surface area (Å²) in [6.45, 7) is 2.08. The molecule has 2 heterocycles. The molecule has 0 bridgehead atoms. The number of hydrogen-bond acceptors (Lipinski definition) is 4. The highest BCUT2D eigenvalue weighted by atomic mass is 19.1. The minimum absolute atomic E-state index is 0.243. The van der Waals surface area contributed by atoms with E-state index < -0.39 is 6.17 Å². The molecule has 1 N–H and O–H groups in total. The van der Waals surface area contributed by atoms with Gasteiger partial charge in [-0.2, -0.15) is 0 Å². The number of nitrogens with one attached hydrogen (secondary N) is 1. The summed E-state index contributed by atoms with van der Waals surface area (Å²) in [5.74, 6) is 0. The lowest BCUT2D eigenvalue weighted by Gasteiger charge is -2.29. The second kappa shape index (κ2) is 7.58. The van der Waals surface area contributed by atoms with Crippen molar-refractivity contribution in [1.82, 2.24) is 20.2 Å². The molecule has 2 aliphatic rings. The Morgan fingerprint density at radius 2 is 1.96 bits per heavy atom. The first-order valence-electron chi connectivity index (χ1n) is 9.20. The molecule has 1 fully saturated rings. The van der Waals surface area contributed by atoms with E-state index in [1.54, 1.807) is 0 Å². The van der Waals surface area contributed by atoms with E-state index in [0.717, 1.165) is 37.9 Å². The highest BCUT2D eigenvalue weighted by Crippen LogP contribution is 2.24. The van der Waals surface area contributed by atoms with Gasteiger partial charge in [0.05, 0.1) is 0 Å². The fourth-order valence-corrected chi connectivity index (χ4v) is 4.15. The number of hydrogen-bond donors (Lipinski definition) is 1. The molecule has 4 rings (SSSR count). The van der Waals surface area contributed by atoms with Crippen LogP contribution in [0.15, 0.2) is 43.0 Å². The first kappa shape index (κ1) is 16.6. The van der Waals surface area contributed by atoms with Gasteiger partial charge in [0.1, 0.15) is 12.5 Å². The molecule has 0 spiro atoms. The minimum atomic E-state index is -0.733. The van der Waals surface area contributed by atoms with Crippen LogP contribution in [0, 0.1) is 0 Å². The van der Waals surface area contributed by atoms with Crippen molar-refractivity contribution in [2.45, 2.75) is 50.5 Å². The third-order valence-electron chi connectivity index (χ3n) is 5.47. The second-order valence-electron chi connectivity index (χ2n) is 7.28. The monoisotopic (exact) mass is 340 g/mol. The quantitative estimate of drug-likeness (QED) is 0.908. The maximum absolute atomic E-state index is 14.0. The van der Waals surface area contributed by atoms with Gasteiger partial charge in [0.2, 0.25) is 0 Å². The molecule has 1 aliphatic carbocycles. The summed E-state index contributed by atoms with van der Waals surface area (Å²) in [5, 5.41) is 3.70. The molecule has 2 aromatic rings. The molecule has 4 nitrogen and oxygen atoms in total. The van der Waals surface area contributed by atoms with Crippen molar-refractivity contribution in [2.75, 3.05) is 13.1 Å². The van der Waals surface area contributed by atoms with Crippen molar-refractivity contribution in [1.29, 1.82) is 0 Å². The number of aromatic nitrogens is 2. The van der Waals surface area contributed by atoms with Gasteiger partial charge in [-0.3, -0.25) is 4.90 Å². The Morgan fingerprint density at radius 1 is 1.16 bits per heavy atom. The van der Waals surface area contributed by atoms with Crippen molar-refractivity contribution >= 4 is 0 Å². The van der Waals surface area contributed by atoms with Crippen LogP contribution in [0.5, 0.6) is 0 Å². The third kappa shape index (κ3) is 4.05. The smallest absolute Gasteiger partial charge is 0.115 e. The summed E-state index contributed by atoms with van der Waals surface area (Å²) in [5.41, 5.74) is 3.99. The molecule has 132 valence electrons. The van der Waals surface area contributed by atoms with Gasteiger partial charge in [0.15, 0.2) is 0 Å². The fourth-order valence-electron chi connectivity index (χ4n) is 4.15. The molecule has 1 aromatic carbocycles. The molecule has 0 amide bonds. The summed E-state index contributed by atoms with van der Waals surface area (Å²) in [4.78, 5) is 10.4. The van der Waals surface area contributed by atoms with Crippen LogP contribution in [0.2, 0.25) is 0 Å². The molecule has 3 atom stereocenters. The first-order chi connectivity index (χ1) is 12.3. The Kier molecular flexibility index (Phi) is 5.04. The Bertz CT molecular complexity index is 693. The fraction of sp³-hybridized carbons (Fsp3) is 0.500. The van der Waals surface area contributed by atoms with Crippen molar-refractivity contribution in [3.05, 3.63) is 59.7 Å². The van der Waals surface area contributed by atoms with E-state index in [1.165, 1.54) is 17.5 Å². The van der Waals surface area contributed by atoms with Gasteiger partial charge in [-0.25, -0.2) is 14.4 Å². The Hall–Kier alpha value is -1.85. The van der Waals surface area contributed by atoms with Gasteiger partial charge in [0, 0.05) is 49.7 Å². The van der Waals surface area contributed by atoms with Crippen LogP contribution < -0.4 is 5.32 Å². The lowest BCUT2D eigenvalue weighted by atomic mass is 9.88. The summed E-state index contributed by atoms with van der Waals surface area (Å²) >= 11 is 0. The van der Waals surface area contributed by atoms with Gasteiger partial charge in [-0.05, 0) is 36.8 Å². The number of nitrogens with zero attached hydrogens (tertiary/aromatic N) is 3. The van der Waals surface area contributed by atoms with Crippen LogP contribution in [-0.4, -0.2) is 46.2 Å². The predicted molar refractivity (Wildman–Crippen MR) is 96.0 cm³/mol. The second-order valence-corrected chi connectivity index (χ2v) is 7.28. The lowest BCUT2D eigenvalue weighted by molar-refractivity contribution is 0.224. The van der Waals surface area contributed by atoms with E-state index in [1.807, 2.05) is 12.4 Å². The predicted octanol–water partition coefficient (Wildman–Crippen LogP) is 2.54. The van der Waals surface area contributed by atoms with E-state index in [2.05, 4.69) is 44.5 Å². The van der Waals surface area contributed by atoms with Crippen LogP contribution in [0.1, 0.15) is 29.5 Å². The maximum Gasteiger partial charge on any atom is 0.115 e. The van der Waals surface area contributed by atoms with Crippen LogP contribution >= 0.6 is 0 Å². The zero-order valence-electron chi connectivity index (χ0n) is 14.4. The first-order valence-corrected chi connectivity index (χ1v) is 9.20. The summed E-state index contributed by atoms with van der Waals surface area (Å²) < 4.78 is 14.0. The van der Waals surface area contributed by atoms with Gasteiger partial charge < -0.3 is 5.32 Å². The largest absolute Gasteiger partial charge is 0.312 e. The molecule has 1 aromatic heterocycles. The van der Waals surface area contributed by atoms with Gasteiger partial charge in [-0.15, -0.1) is 0 Å². The lowest BCUT2D eigenvalue weighted by Crippen LogP contribution is -2.43. The normalized spacial score (nSPS) is 26.5. The maximum atomic E-state index is 14.0. The molecular formula is C20H25FN4. The van der Waals surface area contributed by atoms with E-state index in [-0.39, 0.29) is 6.04 Å². The molecule has 5 heteroatoms. The molecular weight excluding hydrogens is 315 g/mol. The summed E-state index contributed by atoms with van der Waals surface area (Å²) in [6.07, 6.45) is 8.43. The Labute approximate surface area is 148 Å². The Morgan fingerprint density at radius 3 is 2.80 bits per heavy atom. The summed E-state index contributed by atoms with van der Waals surface area (Å²) in [6, 6.07) is 9.45. The average molecular weight is 340 g/mol. The number of alkyl halides is 1. The minimum Gasteiger partial charge on any atom is -0.312 e. The highest BCUT2D eigenvalue weighted by Gasteiger charge is 2.32. The van der Waals surface area contributed by atoms with E-state index >= 15 is 0 Å². The van der Waals surface area contributed by atoms with Gasteiger partial charge >= 0.3 is 0 Å². The average Bonchev–Trinajstić information content (AvgIpc) is 3.00. The topological polar surface area (TPSA) is 41.0 Å². The van der Waals surface area contributed by atoms with Crippen LogP contribution in [0.25, 0.3) is 0 Å². The number of aryl methyl sites for hydroxylation is 1. The van der Waals surface area contributed by atoms with Gasteiger partial charge in [-0.1, -0.05) is 24.3 Å². The highest BCUT2D eigenvalue weighted by molar-refractivity contribution is 5.30. The van der Waals surface area contributed by atoms with Crippen LogP contribution in [0.3, 0.4) is 0 Å². The number of halogens is 1. The standard InChI is InChI=1S/C20H25FN4/c21-18-8-20(25(13-18)12-15-9-22-14-23-10-15)11-24-19-6-5-16-3-1-2-4-17(16)7-19/h1-4,9-10,14,18-20,24H,5-8,11-13H2/t18-,19-,20-/m0/s1. The zero-order valence-corrected chi connectivity index (χ0v) is 14.4. The number of rotatable bonds is 5. The van der Waals surface area contributed by atoms with Crippen LogP contribution in [-0.2, 0) is 19.4 Å². The molecule has 25 heavy (non-hydrogen) atoms. The van der Waals surface area contributed by atoms with Crippen LogP contribution in [0.4, 0.5) is 4.39 Å². The molecule has 0 saturated carbocycles. The molecule has 1 aliphatic heterocycles. The third-order valence-corrected chi connectivity index (χ3v) is 5.47. The molecule has 0 unspecified atom stereocenters.